The maximum absolute atomic E-state index is 5.66. The fourth-order valence-electron chi connectivity index (χ4n) is 9.44. The van der Waals surface area contributed by atoms with Gasteiger partial charge in [-0.15, -0.1) is 0 Å². The molecule has 0 atom stereocenters. The molecular weight excluding hydrogens is 991 g/mol. The van der Waals surface area contributed by atoms with Gasteiger partial charge in [-0.2, -0.15) is 0 Å². The van der Waals surface area contributed by atoms with Crippen LogP contribution in [0.2, 0.25) is 0 Å². The molecule has 0 aliphatic rings. The number of benzene rings is 6. The van der Waals surface area contributed by atoms with Gasteiger partial charge in [0.15, 0.2) is 0 Å². The summed E-state index contributed by atoms with van der Waals surface area (Å²) < 4.78 is 16.4. The Morgan fingerprint density at radius 1 is 0.272 bits per heavy atom. The minimum atomic E-state index is 0.699. The molecule has 0 unspecified atom stereocenters. The molecule has 0 aliphatic carbocycles. The summed E-state index contributed by atoms with van der Waals surface area (Å²) in [5, 5.41) is 0. The highest BCUT2D eigenvalue weighted by Crippen LogP contribution is 2.27. The second-order valence-corrected chi connectivity index (χ2v) is 20.9. The zero-order valence-corrected chi connectivity index (χ0v) is 49.3. The summed E-state index contributed by atoms with van der Waals surface area (Å²) >= 11 is 0. The van der Waals surface area contributed by atoms with Crippen LogP contribution in [-0.2, 0) is 57.8 Å². The third-order valence-electron chi connectivity index (χ3n) is 14.6. The minimum Gasteiger partial charge on any atom is -0.497 e. The number of methoxy groups -OCH3 is 1. The van der Waals surface area contributed by atoms with Crippen LogP contribution in [0.15, 0.2) is 201 Å². The Hall–Kier alpha value is -7.83. The lowest BCUT2D eigenvalue weighted by atomic mass is 10.0. The van der Waals surface area contributed by atoms with Crippen LogP contribution in [0.4, 0.5) is 0 Å². The van der Waals surface area contributed by atoms with Gasteiger partial charge in [0, 0.05) is 35.7 Å². The lowest BCUT2D eigenvalue weighted by Gasteiger charge is -2.08. The molecule has 0 saturated carbocycles. The number of pyridine rings is 3. The van der Waals surface area contributed by atoms with E-state index in [1.165, 1.54) is 122 Å². The molecule has 0 fully saturated rings. The SMILES string of the molecule is CCCCc1ccc(CCc2ccc(-c3ccc(OC)cc3)cc2)cn1.CCCCc1ccc(CCc2ccc(-c3ccc(OCC)cc3)cc2)cn1.CCCCc1ccc(CCc2ccc(-c3ccc(OCCC)cc3)cc2)cn1. The molecule has 3 heterocycles. The van der Waals surface area contributed by atoms with Crippen molar-refractivity contribution in [1.29, 1.82) is 0 Å². The molecule has 0 amide bonds. The van der Waals surface area contributed by atoms with Gasteiger partial charge in [0.2, 0.25) is 0 Å². The lowest BCUT2D eigenvalue weighted by molar-refractivity contribution is 0.317. The molecular formula is C75H87N3O3. The fourth-order valence-corrected chi connectivity index (χ4v) is 9.44. The van der Waals surface area contributed by atoms with Crippen molar-refractivity contribution >= 4 is 0 Å². The van der Waals surface area contributed by atoms with Crippen molar-refractivity contribution in [3.8, 4) is 50.6 Å². The zero-order chi connectivity index (χ0) is 56.7. The molecule has 0 aliphatic heterocycles. The largest absolute Gasteiger partial charge is 0.497 e. The highest BCUT2D eigenvalue weighted by molar-refractivity contribution is 5.66. The van der Waals surface area contributed by atoms with E-state index in [0.717, 1.165) is 88.1 Å². The monoisotopic (exact) mass is 1080 g/mol. The molecule has 0 radical (unpaired) electrons. The number of nitrogens with zero attached hydrogens (tertiary/aromatic N) is 3. The predicted octanol–water partition coefficient (Wildman–Crippen LogP) is 18.8. The smallest absolute Gasteiger partial charge is 0.119 e. The Balaban J connectivity index is 0.000000175. The number of rotatable bonds is 27. The molecule has 9 rings (SSSR count). The van der Waals surface area contributed by atoms with E-state index in [1.54, 1.807) is 7.11 Å². The summed E-state index contributed by atoms with van der Waals surface area (Å²) in [6, 6.07) is 64.7. The average molecular weight is 1080 g/mol. The second kappa shape index (κ2) is 34.3. The van der Waals surface area contributed by atoms with Crippen molar-refractivity contribution in [3.63, 3.8) is 0 Å². The van der Waals surface area contributed by atoms with Gasteiger partial charge in [-0.05, 0) is 212 Å². The van der Waals surface area contributed by atoms with Crippen LogP contribution in [0.3, 0.4) is 0 Å². The summed E-state index contributed by atoms with van der Waals surface area (Å²) in [5.74, 6) is 2.75. The molecule has 6 heteroatoms. The first kappa shape index (κ1) is 60.8. The van der Waals surface area contributed by atoms with Crippen molar-refractivity contribution < 1.29 is 14.2 Å². The van der Waals surface area contributed by atoms with Gasteiger partial charge in [-0.3, -0.25) is 15.0 Å². The molecule has 0 bridgehead atoms. The van der Waals surface area contributed by atoms with Crippen molar-refractivity contribution in [2.45, 2.75) is 137 Å². The second-order valence-electron chi connectivity index (χ2n) is 20.9. The van der Waals surface area contributed by atoms with Gasteiger partial charge in [0.1, 0.15) is 17.2 Å². The van der Waals surface area contributed by atoms with Gasteiger partial charge < -0.3 is 14.2 Å². The first-order valence-corrected chi connectivity index (χ1v) is 30.0. The molecule has 0 N–H and O–H groups in total. The van der Waals surface area contributed by atoms with E-state index in [1.807, 2.05) is 49.8 Å². The van der Waals surface area contributed by atoms with E-state index in [9.17, 15) is 0 Å². The Morgan fingerprint density at radius 2 is 0.543 bits per heavy atom. The minimum absolute atomic E-state index is 0.699. The Labute approximate surface area is 486 Å². The first-order chi connectivity index (χ1) is 39.8. The summed E-state index contributed by atoms with van der Waals surface area (Å²) in [5.41, 5.74) is 19.0. The first-order valence-electron chi connectivity index (χ1n) is 30.0. The average Bonchev–Trinajstić information content (AvgIpc) is 3.54. The highest BCUT2D eigenvalue weighted by Gasteiger charge is 2.06. The Bertz CT molecular complexity index is 3100. The maximum atomic E-state index is 5.66. The lowest BCUT2D eigenvalue weighted by Crippen LogP contribution is -1.95. The van der Waals surface area contributed by atoms with Crippen molar-refractivity contribution in [2.75, 3.05) is 20.3 Å². The van der Waals surface area contributed by atoms with Gasteiger partial charge in [-0.1, -0.05) is 174 Å². The van der Waals surface area contributed by atoms with Crippen LogP contribution >= 0.6 is 0 Å². The van der Waals surface area contributed by atoms with Gasteiger partial charge in [0.25, 0.3) is 0 Å². The number of hydrogen-bond acceptors (Lipinski definition) is 6. The van der Waals surface area contributed by atoms with Crippen LogP contribution in [-0.4, -0.2) is 35.3 Å². The molecule has 9 aromatic rings. The van der Waals surface area contributed by atoms with Crippen LogP contribution in [0.1, 0.15) is 130 Å². The van der Waals surface area contributed by atoms with E-state index >= 15 is 0 Å². The Morgan fingerprint density at radius 3 is 0.802 bits per heavy atom. The van der Waals surface area contributed by atoms with E-state index in [4.69, 9.17) is 14.2 Å². The van der Waals surface area contributed by atoms with Gasteiger partial charge in [-0.25, -0.2) is 0 Å². The van der Waals surface area contributed by atoms with E-state index in [-0.39, 0.29) is 0 Å². The normalized spacial score (nSPS) is 10.7. The molecule has 3 aromatic heterocycles. The summed E-state index contributed by atoms with van der Waals surface area (Å²) in [7, 11) is 1.69. The van der Waals surface area contributed by atoms with Crippen LogP contribution in [0, 0.1) is 0 Å². The molecule has 0 saturated heterocycles. The predicted molar refractivity (Wildman–Crippen MR) is 340 cm³/mol. The Kier molecular flexibility index (Phi) is 25.8. The van der Waals surface area contributed by atoms with Gasteiger partial charge >= 0.3 is 0 Å². The van der Waals surface area contributed by atoms with Crippen molar-refractivity contribution in [1.82, 2.24) is 15.0 Å². The van der Waals surface area contributed by atoms with E-state index in [0.29, 0.717) is 6.61 Å². The van der Waals surface area contributed by atoms with E-state index in [2.05, 4.69) is 200 Å². The number of ether oxygens (including phenoxy) is 3. The number of aryl methyl sites for hydroxylation is 9. The number of hydrogen-bond donors (Lipinski definition) is 0. The summed E-state index contributed by atoms with van der Waals surface area (Å²) in [4.78, 5) is 13.8. The zero-order valence-electron chi connectivity index (χ0n) is 49.3. The van der Waals surface area contributed by atoms with Crippen LogP contribution < -0.4 is 14.2 Å². The molecule has 420 valence electrons. The topological polar surface area (TPSA) is 66.4 Å². The summed E-state index contributed by atoms with van der Waals surface area (Å²) in [6.07, 6.45) is 23.9. The van der Waals surface area contributed by atoms with Crippen LogP contribution in [0.25, 0.3) is 33.4 Å². The number of unbranched alkanes of at least 4 members (excludes halogenated alkanes) is 3. The summed E-state index contributed by atoms with van der Waals surface area (Å²) in [6.45, 7) is 12.2. The maximum Gasteiger partial charge on any atom is 0.119 e. The fraction of sp³-hybridized carbons (Fsp3) is 0.320. The standard InChI is InChI=1S/C26H31NO.C25H29NO.C24H27NO/c1-3-5-6-25-16-11-22(20-27-25)8-7-21-9-12-23(13-10-21)24-14-17-26(18-15-24)28-19-4-2;1-3-5-6-24-16-11-21(19-26-24)8-7-20-9-12-22(13-10-20)23-14-17-25(18-15-23)27-4-2;1-3-4-5-23-15-10-20(18-25-23)7-6-19-8-11-21(12-9-19)22-13-16-24(26-2)17-14-22/h9-18,20H,3-8,19H2,1-2H3;9-19H,3-8H2,1-2H3;8-18H,3-7H2,1-2H3. The quantitative estimate of drug-likeness (QED) is 0.0511. The molecule has 0 spiro atoms. The third kappa shape index (κ3) is 21.0. The highest BCUT2D eigenvalue weighted by atomic mass is 16.5. The number of aromatic nitrogens is 3. The molecule has 6 nitrogen and oxygen atoms in total. The van der Waals surface area contributed by atoms with Crippen molar-refractivity contribution in [2.24, 2.45) is 0 Å². The van der Waals surface area contributed by atoms with E-state index < -0.39 is 0 Å². The third-order valence-corrected chi connectivity index (χ3v) is 14.6. The van der Waals surface area contributed by atoms with Crippen LogP contribution in [0.5, 0.6) is 17.2 Å². The molecule has 81 heavy (non-hydrogen) atoms. The van der Waals surface area contributed by atoms with Crippen molar-refractivity contribution in [3.05, 3.63) is 251 Å². The van der Waals surface area contributed by atoms with Gasteiger partial charge in [0.05, 0.1) is 20.3 Å². The molecule has 6 aromatic carbocycles.